The number of rotatable bonds is 5. The van der Waals surface area contributed by atoms with Crippen LogP contribution in [0.4, 0.5) is 0 Å². The molecule has 7 nitrogen and oxygen atoms in total. The Kier molecular flexibility index (Phi) is 6.81. The summed E-state index contributed by atoms with van der Waals surface area (Å²) >= 11 is 0. The molecule has 1 amide bonds. The number of ketones is 1. The van der Waals surface area contributed by atoms with Crippen LogP contribution in [0.2, 0.25) is 0 Å². The highest BCUT2D eigenvalue weighted by atomic mass is 16.6. The highest BCUT2D eigenvalue weighted by Crippen LogP contribution is 2.46. The minimum atomic E-state index is -0.894. The molecule has 1 fully saturated rings. The minimum Gasteiger partial charge on any atom is -0.506 e. The zero-order valence-corrected chi connectivity index (χ0v) is 20.5. The second kappa shape index (κ2) is 9.66. The molecule has 0 aromatic heterocycles. The maximum atomic E-state index is 13.8. The number of nitrogens with zero attached hydrogens (tertiary/aromatic N) is 1. The molecule has 0 unspecified atom stereocenters. The van der Waals surface area contributed by atoms with E-state index in [0.29, 0.717) is 31.5 Å². The van der Waals surface area contributed by atoms with Crippen molar-refractivity contribution in [2.75, 3.05) is 19.6 Å². The summed E-state index contributed by atoms with van der Waals surface area (Å²) in [5, 5.41) is 13.4. The number of carbonyl (C=O) groups is 3. The van der Waals surface area contributed by atoms with Crippen molar-refractivity contribution in [3.05, 3.63) is 76.9 Å². The molecule has 1 saturated heterocycles. The van der Waals surface area contributed by atoms with Gasteiger partial charge in [0, 0.05) is 12.1 Å². The van der Waals surface area contributed by atoms with Crippen LogP contribution >= 0.6 is 0 Å². The largest absolute Gasteiger partial charge is 0.506 e. The number of fused-ring (bicyclic) bond motifs is 2. The lowest BCUT2D eigenvalue weighted by atomic mass is 9.63. The molecule has 2 aromatic carbocycles. The Hall–Kier alpha value is -3.45. The van der Waals surface area contributed by atoms with Crippen molar-refractivity contribution in [3.8, 4) is 0 Å². The second-order valence-electron chi connectivity index (χ2n) is 10.2. The Bertz CT molecular complexity index is 1160. The molecule has 1 aliphatic carbocycles. The van der Waals surface area contributed by atoms with Crippen molar-refractivity contribution in [1.82, 2.24) is 10.2 Å². The average Bonchev–Trinajstić information content (AvgIpc) is 2.82. The van der Waals surface area contributed by atoms with E-state index in [0.717, 1.165) is 12.1 Å². The van der Waals surface area contributed by atoms with E-state index in [1.807, 2.05) is 30.3 Å². The van der Waals surface area contributed by atoms with Gasteiger partial charge in [-0.2, -0.15) is 0 Å². The molecule has 4 rings (SSSR count). The van der Waals surface area contributed by atoms with E-state index < -0.39 is 28.7 Å². The summed E-state index contributed by atoms with van der Waals surface area (Å²) in [6, 6.07) is 17.4. The zero-order chi connectivity index (χ0) is 25.2. The molecule has 0 radical (unpaired) electrons. The molecule has 2 N–H and O–H groups in total. The van der Waals surface area contributed by atoms with Gasteiger partial charge in [0.25, 0.3) is 5.91 Å². The van der Waals surface area contributed by atoms with Crippen LogP contribution < -0.4 is 5.32 Å². The SMILES string of the molecule is CC(C)(C)OC(=O)CNC(=O)C1=C(O)c2ccccc2C2(CCN(Cc3ccccc3)CC2)C1=O. The van der Waals surface area contributed by atoms with Crippen molar-refractivity contribution in [2.24, 2.45) is 0 Å². The van der Waals surface area contributed by atoms with Crippen LogP contribution in [0, 0.1) is 0 Å². The summed E-state index contributed by atoms with van der Waals surface area (Å²) in [4.78, 5) is 41.3. The molecule has 1 aliphatic heterocycles. The number of ether oxygens (including phenoxy) is 1. The third kappa shape index (κ3) is 5.15. The van der Waals surface area contributed by atoms with Crippen LogP contribution in [0.15, 0.2) is 60.2 Å². The second-order valence-corrected chi connectivity index (χ2v) is 10.2. The lowest BCUT2D eigenvalue weighted by Crippen LogP contribution is -2.51. The van der Waals surface area contributed by atoms with E-state index in [9.17, 15) is 19.5 Å². The van der Waals surface area contributed by atoms with Crippen LogP contribution in [0.1, 0.15) is 50.3 Å². The summed E-state index contributed by atoms with van der Waals surface area (Å²) in [5.74, 6) is -2.11. The number of hydrogen-bond donors (Lipinski definition) is 2. The number of likely N-dealkylation sites (tertiary alicyclic amines) is 1. The molecular weight excluding hydrogens is 444 g/mol. The Morgan fingerprint density at radius 1 is 1.03 bits per heavy atom. The maximum Gasteiger partial charge on any atom is 0.325 e. The highest BCUT2D eigenvalue weighted by Gasteiger charge is 2.50. The summed E-state index contributed by atoms with van der Waals surface area (Å²) in [6.45, 7) is 6.96. The number of Topliss-reactive ketones (excluding diaryl/α,β-unsaturated/α-hetero) is 1. The zero-order valence-electron chi connectivity index (χ0n) is 20.5. The van der Waals surface area contributed by atoms with Crippen molar-refractivity contribution in [1.29, 1.82) is 0 Å². The fourth-order valence-corrected chi connectivity index (χ4v) is 4.97. The first-order chi connectivity index (χ1) is 16.6. The van der Waals surface area contributed by atoms with E-state index in [1.165, 1.54) is 5.56 Å². The third-order valence-electron chi connectivity index (χ3n) is 6.60. The number of amides is 1. The van der Waals surface area contributed by atoms with Gasteiger partial charge in [0.15, 0.2) is 5.78 Å². The molecule has 1 heterocycles. The van der Waals surface area contributed by atoms with Gasteiger partial charge in [-0.05, 0) is 57.8 Å². The molecule has 2 aliphatic rings. The standard InChI is InChI=1S/C28H32N2O5/c1-27(2,3)35-22(31)17-29-26(34)23-24(32)20-11-7-8-12-21(20)28(25(23)33)13-15-30(16-14-28)18-19-9-5-4-6-10-19/h4-12,32H,13-18H2,1-3H3,(H,29,34). The van der Waals surface area contributed by atoms with Gasteiger partial charge in [0.05, 0.1) is 5.41 Å². The topological polar surface area (TPSA) is 95.9 Å². The van der Waals surface area contributed by atoms with Gasteiger partial charge in [0.2, 0.25) is 0 Å². The van der Waals surface area contributed by atoms with Crippen LogP contribution in [0.25, 0.3) is 5.76 Å². The fraction of sp³-hybridized carbons (Fsp3) is 0.393. The molecule has 0 bridgehead atoms. The number of nitrogens with one attached hydrogen (secondary N) is 1. The monoisotopic (exact) mass is 476 g/mol. The lowest BCUT2D eigenvalue weighted by molar-refractivity contribution is -0.154. The summed E-state index contributed by atoms with van der Waals surface area (Å²) in [7, 11) is 0. The summed E-state index contributed by atoms with van der Waals surface area (Å²) < 4.78 is 5.23. The van der Waals surface area contributed by atoms with E-state index in [4.69, 9.17) is 4.74 Å². The number of aliphatic hydroxyl groups is 1. The number of carbonyl (C=O) groups excluding carboxylic acids is 3. The van der Waals surface area contributed by atoms with E-state index >= 15 is 0 Å². The van der Waals surface area contributed by atoms with Gasteiger partial charge >= 0.3 is 5.97 Å². The van der Waals surface area contributed by atoms with Gasteiger partial charge in [-0.15, -0.1) is 0 Å². The molecule has 7 heteroatoms. The first kappa shape index (κ1) is 24.7. The minimum absolute atomic E-state index is 0.288. The van der Waals surface area contributed by atoms with Crippen LogP contribution in [-0.2, 0) is 31.1 Å². The number of aliphatic hydroxyl groups excluding tert-OH is 1. The average molecular weight is 477 g/mol. The molecule has 0 atom stereocenters. The molecule has 1 spiro atoms. The van der Waals surface area contributed by atoms with E-state index in [1.54, 1.807) is 32.9 Å². The number of hydrogen-bond acceptors (Lipinski definition) is 6. The Balaban J connectivity index is 1.56. The lowest BCUT2D eigenvalue weighted by Gasteiger charge is -2.44. The summed E-state index contributed by atoms with van der Waals surface area (Å²) in [6.07, 6.45) is 1.07. The van der Waals surface area contributed by atoms with Gasteiger partial charge in [-0.25, -0.2) is 0 Å². The highest BCUT2D eigenvalue weighted by molar-refractivity contribution is 6.28. The first-order valence-electron chi connectivity index (χ1n) is 11.9. The smallest absolute Gasteiger partial charge is 0.325 e. The first-order valence-corrected chi connectivity index (χ1v) is 11.9. The molecule has 35 heavy (non-hydrogen) atoms. The van der Waals surface area contributed by atoms with Crippen LogP contribution in [-0.4, -0.2) is 52.9 Å². The molecule has 2 aromatic rings. The van der Waals surface area contributed by atoms with Crippen molar-refractivity contribution < 1.29 is 24.2 Å². The molecular formula is C28H32N2O5. The van der Waals surface area contributed by atoms with Crippen LogP contribution in [0.3, 0.4) is 0 Å². The number of esters is 1. The maximum absolute atomic E-state index is 13.8. The van der Waals surface area contributed by atoms with Gasteiger partial charge < -0.3 is 15.2 Å². The third-order valence-corrected chi connectivity index (χ3v) is 6.60. The van der Waals surface area contributed by atoms with E-state index in [2.05, 4.69) is 22.3 Å². The van der Waals surface area contributed by atoms with Gasteiger partial charge in [-0.3, -0.25) is 19.3 Å². The Morgan fingerprint density at radius 3 is 2.31 bits per heavy atom. The Morgan fingerprint density at radius 2 is 1.66 bits per heavy atom. The van der Waals surface area contributed by atoms with Gasteiger partial charge in [-0.1, -0.05) is 54.6 Å². The van der Waals surface area contributed by atoms with Crippen molar-refractivity contribution in [3.63, 3.8) is 0 Å². The Labute approximate surface area is 205 Å². The summed E-state index contributed by atoms with van der Waals surface area (Å²) in [5.41, 5.74) is 0.578. The number of piperidine rings is 1. The fourth-order valence-electron chi connectivity index (χ4n) is 4.97. The van der Waals surface area contributed by atoms with Crippen molar-refractivity contribution >= 4 is 23.4 Å². The quantitative estimate of drug-likeness (QED) is 0.506. The number of benzene rings is 2. The predicted octanol–water partition coefficient (Wildman–Crippen LogP) is 3.53. The predicted molar refractivity (Wildman–Crippen MR) is 132 cm³/mol. The normalized spacial score (nSPS) is 17.7. The van der Waals surface area contributed by atoms with E-state index in [-0.39, 0.29) is 17.9 Å². The molecule has 184 valence electrons. The van der Waals surface area contributed by atoms with Crippen LogP contribution in [0.5, 0.6) is 0 Å². The van der Waals surface area contributed by atoms with Crippen molar-refractivity contribution in [2.45, 2.75) is 51.2 Å². The van der Waals surface area contributed by atoms with Gasteiger partial charge in [0.1, 0.15) is 23.5 Å². The molecule has 0 saturated carbocycles.